The van der Waals surface area contributed by atoms with Crippen LogP contribution in [-0.4, -0.2) is 30.5 Å². The van der Waals surface area contributed by atoms with Gasteiger partial charge >= 0.3 is 0 Å². The Morgan fingerprint density at radius 1 is 1.56 bits per heavy atom. The van der Waals surface area contributed by atoms with Gasteiger partial charge in [0, 0.05) is 24.0 Å². The van der Waals surface area contributed by atoms with E-state index in [0.29, 0.717) is 31.9 Å². The van der Waals surface area contributed by atoms with Gasteiger partial charge in [0.15, 0.2) is 0 Å². The summed E-state index contributed by atoms with van der Waals surface area (Å²) in [5.74, 6) is 0. The molecule has 88 valence electrons. The molecule has 1 aliphatic heterocycles. The second-order valence-corrected chi connectivity index (χ2v) is 5.03. The Morgan fingerprint density at radius 3 is 3.00 bits per heavy atom. The van der Waals surface area contributed by atoms with Crippen molar-refractivity contribution in [1.82, 2.24) is 0 Å². The van der Waals surface area contributed by atoms with E-state index in [1.807, 2.05) is 18.2 Å². The van der Waals surface area contributed by atoms with Crippen LogP contribution in [0.25, 0.3) is 0 Å². The van der Waals surface area contributed by atoms with Crippen molar-refractivity contribution >= 4 is 27.3 Å². The summed E-state index contributed by atoms with van der Waals surface area (Å²) in [6.45, 7) is 1.46. The molecule has 0 radical (unpaired) electrons. The fraction of sp³-hybridized carbons (Fsp3) is 0.455. The van der Waals surface area contributed by atoms with Crippen LogP contribution in [0.4, 0.5) is 11.4 Å². The van der Waals surface area contributed by atoms with E-state index in [4.69, 9.17) is 10.5 Å². The van der Waals surface area contributed by atoms with Crippen molar-refractivity contribution in [3.05, 3.63) is 22.7 Å². The first-order valence-electron chi connectivity index (χ1n) is 5.18. The Hall–Kier alpha value is -0.780. The van der Waals surface area contributed by atoms with Crippen LogP contribution in [0.2, 0.25) is 0 Å². The third-order valence-corrected chi connectivity index (χ3v) is 3.20. The van der Waals surface area contributed by atoms with Crippen molar-refractivity contribution in [3.63, 3.8) is 0 Å². The molecule has 0 amide bonds. The molecule has 16 heavy (non-hydrogen) atoms. The molecule has 1 heterocycles. The molecule has 1 atom stereocenters. The topological polar surface area (TPSA) is 67.5 Å². The molecule has 0 bridgehead atoms. The Kier molecular flexibility index (Phi) is 3.37. The number of rotatable bonds is 3. The Balaban J connectivity index is 1.99. The number of aliphatic hydroxyl groups is 1. The second kappa shape index (κ2) is 4.61. The van der Waals surface area contributed by atoms with Crippen molar-refractivity contribution in [2.45, 2.75) is 12.0 Å². The van der Waals surface area contributed by atoms with E-state index in [1.165, 1.54) is 0 Å². The zero-order valence-corrected chi connectivity index (χ0v) is 10.5. The number of anilines is 2. The first kappa shape index (κ1) is 11.7. The molecule has 1 unspecified atom stereocenters. The van der Waals surface area contributed by atoms with E-state index < -0.39 is 5.60 Å². The van der Waals surface area contributed by atoms with Gasteiger partial charge < -0.3 is 20.9 Å². The quantitative estimate of drug-likeness (QED) is 0.739. The molecule has 1 aromatic rings. The van der Waals surface area contributed by atoms with Crippen LogP contribution in [0.5, 0.6) is 0 Å². The van der Waals surface area contributed by atoms with Crippen molar-refractivity contribution in [3.8, 4) is 0 Å². The molecule has 1 aliphatic rings. The SMILES string of the molecule is Nc1cc(Br)ccc1NCC1(O)CCOC1. The van der Waals surface area contributed by atoms with Gasteiger partial charge in [-0.25, -0.2) is 0 Å². The van der Waals surface area contributed by atoms with Gasteiger partial charge in [-0.2, -0.15) is 0 Å². The highest BCUT2D eigenvalue weighted by atomic mass is 79.9. The highest BCUT2D eigenvalue weighted by molar-refractivity contribution is 9.10. The van der Waals surface area contributed by atoms with E-state index >= 15 is 0 Å². The van der Waals surface area contributed by atoms with Crippen LogP contribution in [0, 0.1) is 0 Å². The standard InChI is InChI=1S/C11H15BrN2O2/c12-8-1-2-10(9(13)5-8)14-6-11(15)3-4-16-7-11/h1-2,5,14-15H,3-4,6-7,13H2. The largest absolute Gasteiger partial charge is 0.397 e. The molecule has 0 aliphatic carbocycles. The summed E-state index contributed by atoms with van der Waals surface area (Å²) in [7, 11) is 0. The minimum absolute atomic E-state index is 0.385. The Morgan fingerprint density at radius 2 is 2.38 bits per heavy atom. The number of halogens is 1. The fourth-order valence-corrected chi connectivity index (χ4v) is 2.07. The second-order valence-electron chi connectivity index (χ2n) is 4.11. The number of hydrogen-bond acceptors (Lipinski definition) is 4. The number of hydrogen-bond donors (Lipinski definition) is 3. The molecular weight excluding hydrogens is 272 g/mol. The van der Waals surface area contributed by atoms with E-state index in [1.54, 1.807) is 0 Å². The highest BCUT2D eigenvalue weighted by Gasteiger charge is 2.31. The predicted octanol–water partition coefficient (Wildman–Crippen LogP) is 1.59. The lowest BCUT2D eigenvalue weighted by Gasteiger charge is -2.22. The van der Waals surface area contributed by atoms with Crippen molar-refractivity contribution in [2.24, 2.45) is 0 Å². The van der Waals surface area contributed by atoms with Crippen LogP contribution in [0.1, 0.15) is 6.42 Å². The van der Waals surface area contributed by atoms with Crippen molar-refractivity contribution < 1.29 is 9.84 Å². The van der Waals surface area contributed by atoms with Crippen LogP contribution >= 0.6 is 15.9 Å². The van der Waals surface area contributed by atoms with Gasteiger partial charge in [-0.15, -0.1) is 0 Å². The van der Waals surface area contributed by atoms with Crippen LogP contribution in [-0.2, 0) is 4.74 Å². The summed E-state index contributed by atoms with van der Waals surface area (Å²) >= 11 is 3.35. The summed E-state index contributed by atoms with van der Waals surface area (Å²) in [4.78, 5) is 0. The smallest absolute Gasteiger partial charge is 0.107 e. The molecule has 5 heteroatoms. The summed E-state index contributed by atoms with van der Waals surface area (Å²) in [5.41, 5.74) is 6.58. The molecular formula is C11H15BrN2O2. The summed E-state index contributed by atoms with van der Waals surface area (Å²) in [6.07, 6.45) is 0.663. The fourth-order valence-electron chi connectivity index (χ4n) is 1.69. The normalized spacial score (nSPS) is 24.6. The molecule has 0 spiro atoms. The van der Waals surface area contributed by atoms with E-state index in [2.05, 4.69) is 21.2 Å². The lowest BCUT2D eigenvalue weighted by molar-refractivity contribution is 0.0382. The Labute approximate surface area is 103 Å². The minimum atomic E-state index is -0.764. The lowest BCUT2D eigenvalue weighted by Crippen LogP contribution is -2.37. The van der Waals surface area contributed by atoms with Gasteiger partial charge in [0.1, 0.15) is 5.60 Å². The number of nitrogens with two attached hydrogens (primary N) is 1. The first-order valence-corrected chi connectivity index (χ1v) is 5.97. The third kappa shape index (κ3) is 2.66. The molecule has 4 nitrogen and oxygen atoms in total. The monoisotopic (exact) mass is 286 g/mol. The number of ether oxygens (including phenoxy) is 1. The van der Waals surface area contributed by atoms with E-state index in [-0.39, 0.29) is 0 Å². The summed E-state index contributed by atoms with van der Waals surface area (Å²) in [6, 6.07) is 5.63. The molecule has 4 N–H and O–H groups in total. The molecule has 2 rings (SSSR count). The van der Waals surface area contributed by atoms with Gasteiger partial charge in [-0.1, -0.05) is 15.9 Å². The van der Waals surface area contributed by atoms with Crippen molar-refractivity contribution in [1.29, 1.82) is 0 Å². The summed E-state index contributed by atoms with van der Waals surface area (Å²) < 4.78 is 6.11. The maximum atomic E-state index is 10.1. The van der Waals surface area contributed by atoms with Gasteiger partial charge in [-0.3, -0.25) is 0 Å². The minimum Gasteiger partial charge on any atom is -0.397 e. The average Bonchev–Trinajstić information content (AvgIpc) is 2.64. The molecule has 1 saturated heterocycles. The number of nitrogen functional groups attached to an aromatic ring is 1. The molecule has 1 aromatic carbocycles. The van der Waals surface area contributed by atoms with Gasteiger partial charge in [-0.05, 0) is 18.2 Å². The third-order valence-electron chi connectivity index (χ3n) is 2.70. The van der Waals surface area contributed by atoms with Gasteiger partial charge in [0.25, 0.3) is 0 Å². The zero-order valence-electron chi connectivity index (χ0n) is 8.87. The molecule has 0 saturated carbocycles. The van der Waals surface area contributed by atoms with E-state index in [0.717, 1.165) is 10.2 Å². The lowest BCUT2D eigenvalue weighted by atomic mass is 10.0. The van der Waals surface area contributed by atoms with Crippen molar-refractivity contribution in [2.75, 3.05) is 30.8 Å². The predicted molar refractivity (Wildman–Crippen MR) is 67.4 cm³/mol. The maximum absolute atomic E-state index is 10.1. The zero-order chi connectivity index (χ0) is 11.6. The van der Waals surface area contributed by atoms with Gasteiger partial charge in [0.2, 0.25) is 0 Å². The molecule has 0 aromatic heterocycles. The Bertz CT molecular complexity index is 378. The molecule has 1 fully saturated rings. The van der Waals surface area contributed by atoms with Crippen LogP contribution in [0.15, 0.2) is 22.7 Å². The first-order chi connectivity index (χ1) is 7.59. The number of benzene rings is 1. The van der Waals surface area contributed by atoms with Crippen LogP contribution < -0.4 is 11.1 Å². The summed E-state index contributed by atoms with van der Waals surface area (Å²) in [5, 5.41) is 13.2. The average molecular weight is 287 g/mol. The maximum Gasteiger partial charge on any atom is 0.107 e. The van der Waals surface area contributed by atoms with Crippen LogP contribution in [0.3, 0.4) is 0 Å². The highest BCUT2D eigenvalue weighted by Crippen LogP contribution is 2.25. The van der Waals surface area contributed by atoms with E-state index in [9.17, 15) is 5.11 Å². The van der Waals surface area contributed by atoms with Gasteiger partial charge in [0.05, 0.1) is 18.0 Å². The number of nitrogens with one attached hydrogen (secondary N) is 1.